The van der Waals surface area contributed by atoms with E-state index >= 15 is 0 Å². The van der Waals surface area contributed by atoms with Crippen LogP contribution in [0.1, 0.15) is 25.7 Å². The van der Waals surface area contributed by atoms with Crippen molar-refractivity contribution in [2.45, 2.75) is 38.0 Å². The van der Waals surface area contributed by atoms with Crippen molar-refractivity contribution in [2.24, 2.45) is 0 Å². The Morgan fingerprint density at radius 2 is 1.88 bits per heavy atom. The van der Waals surface area contributed by atoms with E-state index in [1.807, 2.05) is 0 Å². The van der Waals surface area contributed by atoms with Crippen LogP contribution in [0.5, 0.6) is 0 Å². The molecule has 1 saturated carbocycles. The van der Waals surface area contributed by atoms with Crippen LogP contribution in [0.25, 0.3) is 0 Å². The van der Waals surface area contributed by atoms with Crippen LogP contribution >= 0.6 is 0 Å². The molecule has 0 heterocycles. The topological polar surface area (TPSA) is 20.2 Å². The maximum atomic E-state index is 12.3. The smallest absolute Gasteiger partial charge is 0.126 e. The van der Waals surface area contributed by atoms with E-state index in [-0.39, 0.29) is 0 Å². The summed E-state index contributed by atoms with van der Waals surface area (Å²) in [5, 5.41) is 8.80. The lowest BCUT2D eigenvalue weighted by atomic mass is 9.96. The molecule has 48 valence electrons. The zero-order valence-electron chi connectivity index (χ0n) is 4.81. The average molecular weight is 118 g/mol. The summed E-state index contributed by atoms with van der Waals surface area (Å²) in [6, 6.07) is 0. The zero-order chi connectivity index (χ0) is 5.98. The first kappa shape index (κ1) is 6.02. The van der Waals surface area contributed by atoms with Gasteiger partial charge in [0.2, 0.25) is 0 Å². The number of aliphatic hydroxyl groups excluding tert-OH is 1. The lowest BCUT2D eigenvalue weighted by Crippen LogP contribution is -2.25. The van der Waals surface area contributed by atoms with Gasteiger partial charge in [-0.1, -0.05) is 12.8 Å². The zero-order valence-corrected chi connectivity index (χ0v) is 4.81. The van der Waals surface area contributed by atoms with Crippen LogP contribution in [-0.4, -0.2) is 17.4 Å². The second kappa shape index (κ2) is 2.44. The normalized spacial score (nSPS) is 39.8. The van der Waals surface area contributed by atoms with E-state index in [4.69, 9.17) is 5.11 Å². The summed E-state index contributed by atoms with van der Waals surface area (Å²) in [4.78, 5) is 0. The van der Waals surface area contributed by atoms with Crippen LogP contribution in [0.2, 0.25) is 0 Å². The Morgan fingerprint density at radius 3 is 2.25 bits per heavy atom. The Bertz CT molecular complexity index is 64.9. The van der Waals surface area contributed by atoms with Crippen LogP contribution in [-0.2, 0) is 0 Å². The van der Waals surface area contributed by atoms with E-state index in [0.29, 0.717) is 12.8 Å². The Hall–Kier alpha value is -0.110. The molecule has 0 spiro atoms. The van der Waals surface area contributed by atoms with Crippen molar-refractivity contribution in [1.29, 1.82) is 0 Å². The molecule has 1 nitrogen and oxygen atoms in total. The highest BCUT2D eigenvalue weighted by Gasteiger charge is 2.21. The fourth-order valence-corrected chi connectivity index (χ4v) is 1.07. The fourth-order valence-electron chi connectivity index (χ4n) is 1.07. The number of hydrogen-bond acceptors (Lipinski definition) is 1. The van der Waals surface area contributed by atoms with Gasteiger partial charge in [0.05, 0.1) is 6.10 Å². The Labute approximate surface area is 48.5 Å². The molecule has 8 heavy (non-hydrogen) atoms. The van der Waals surface area contributed by atoms with Crippen molar-refractivity contribution in [3.05, 3.63) is 0 Å². The number of hydrogen-bond donors (Lipinski definition) is 1. The molecule has 1 fully saturated rings. The fraction of sp³-hybridized carbons (Fsp3) is 1.00. The van der Waals surface area contributed by atoms with Crippen molar-refractivity contribution in [1.82, 2.24) is 0 Å². The van der Waals surface area contributed by atoms with Gasteiger partial charge >= 0.3 is 0 Å². The van der Waals surface area contributed by atoms with Gasteiger partial charge in [0, 0.05) is 0 Å². The first-order valence-electron chi connectivity index (χ1n) is 3.13. The molecular weight excluding hydrogens is 107 g/mol. The molecule has 0 aromatic carbocycles. The lowest BCUT2D eigenvalue weighted by Gasteiger charge is -2.20. The maximum Gasteiger partial charge on any atom is 0.126 e. The van der Waals surface area contributed by atoms with E-state index in [2.05, 4.69) is 0 Å². The molecule has 0 bridgehead atoms. The Morgan fingerprint density at radius 1 is 1.25 bits per heavy atom. The van der Waals surface area contributed by atoms with Gasteiger partial charge in [-0.2, -0.15) is 0 Å². The maximum absolute atomic E-state index is 12.3. The molecule has 2 atom stereocenters. The molecule has 1 aliphatic carbocycles. The van der Waals surface area contributed by atoms with Crippen LogP contribution in [0.3, 0.4) is 0 Å². The van der Waals surface area contributed by atoms with E-state index < -0.39 is 12.3 Å². The molecule has 0 unspecified atom stereocenters. The third-order valence-corrected chi connectivity index (χ3v) is 1.65. The summed E-state index contributed by atoms with van der Waals surface area (Å²) < 4.78 is 12.3. The van der Waals surface area contributed by atoms with Crippen LogP contribution in [0.4, 0.5) is 4.39 Å². The van der Waals surface area contributed by atoms with E-state index in [1.165, 1.54) is 0 Å². The molecular formula is C6H11FO. The van der Waals surface area contributed by atoms with Crippen molar-refractivity contribution in [3.63, 3.8) is 0 Å². The molecule has 0 saturated heterocycles. The number of alkyl halides is 1. The van der Waals surface area contributed by atoms with Gasteiger partial charge in [-0.15, -0.1) is 0 Å². The molecule has 1 rings (SSSR count). The predicted molar refractivity (Wildman–Crippen MR) is 29.4 cm³/mol. The quantitative estimate of drug-likeness (QED) is 0.507. The first-order chi connectivity index (χ1) is 3.80. The molecule has 1 N–H and O–H groups in total. The number of halogens is 1. The highest BCUT2D eigenvalue weighted by Crippen LogP contribution is 2.20. The Balaban J connectivity index is 2.28. The summed E-state index contributed by atoms with van der Waals surface area (Å²) in [5.74, 6) is 0. The molecule has 0 amide bonds. The monoisotopic (exact) mass is 118 g/mol. The largest absolute Gasteiger partial charge is 0.390 e. The van der Waals surface area contributed by atoms with Crippen LogP contribution in [0, 0.1) is 0 Å². The molecule has 0 aromatic heterocycles. The lowest BCUT2D eigenvalue weighted by molar-refractivity contribution is 0.0442. The van der Waals surface area contributed by atoms with Gasteiger partial charge < -0.3 is 5.11 Å². The van der Waals surface area contributed by atoms with Crippen molar-refractivity contribution >= 4 is 0 Å². The van der Waals surface area contributed by atoms with Gasteiger partial charge in [0.25, 0.3) is 0 Å². The summed E-state index contributed by atoms with van der Waals surface area (Å²) in [6.07, 6.45) is 1.54. The molecule has 2 heteroatoms. The minimum absolute atomic E-state index is 0.557. The molecule has 0 aliphatic heterocycles. The Kier molecular flexibility index (Phi) is 1.84. The predicted octanol–water partition coefficient (Wildman–Crippen LogP) is 1.26. The minimum Gasteiger partial charge on any atom is -0.390 e. The number of rotatable bonds is 0. The SMILES string of the molecule is O[C@H]1CCCC[C@@H]1[19F]. The molecule has 0 radical (unpaired) electrons. The number of aliphatic hydroxyl groups is 1. The van der Waals surface area contributed by atoms with Crippen molar-refractivity contribution < 1.29 is 9.50 Å². The van der Waals surface area contributed by atoms with Gasteiger partial charge in [-0.3, -0.25) is 0 Å². The van der Waals surface area contributed by atoms with Crippen LogP contribution < -0.4 is 0 Å². The highest BCUT2D eigenvalue weighted by atomic mass is 19.1. The van der Waals surface area contributed by atoms with E-state index in [1.54, 1.807) is 0 Å². The third kappa shape index (κ3) is 1.19. The standard InChI is InChI=1S/C6H11FO/c7-5-3-1-2-4-6(5)8/h5-6,8H,1-4H2/t5-,6-/m0/s1/i7+0. The van der Waals surface area contributed by atoms with Gasteiger partial charge in [-0.05, 0) is 12.8 Å². The molecule has 1 aliphatic rings. The van der Waals surface area contributed by atoms with Crippen LogP contribution in [0.15, 0.2) is 0 Å². The molecule has 0 aromatic rings. The second-order valence-corrected chi connectivity index (χ2v) is 2.37. The average Bonchev–Trinajstić information content (AvgIpc) is 1.77. The summed E-state index contributed by atoms with van der Waals surface area (Å²) in [6.45, 7) is 0. The van der Waals surface area contributed by atoms with Gasteiger partial charge in [0.15, 0.2) is 0 Å². The summed E-state index contributed by atoms with van der Waals surface area (Å²) >= 11 is 0. The van der Waals surface area contributed by atoms with Crippen molar-refractivity contribution in [2.75, 3.05) is 0 Å². The van der Waals surface area contributed by atoms with Crippen molar-refractivity contribution in [3.8, 4) is 0 Å². The third-order valence-electron chi connectivity index (χ3n) is 1.65. The highest BCUT2D eigenvalue weighted by molar-refractivity contribution is 4.72. The first-order valence-corrected chi connectivity index (χ1v) is 3.13. The second-order valence-electron chi connectivity index (χ2n) is 2.37. The minimum atomic E-state index is -0.941. The summed E-state index contributed by atoms with van der Waals surface area (Å²) in [5.41, 5.74) is 0. The summed E-state index contributed by atoms with van der Waals surface area (Å²) in [7, 11) is 0. The van der Waals surface area contributed by atoms with E-state index in [9.17, 15) is 4.39 Å². The van der Waals surface area contributed by atoms with Gasteiger partial charge in [0.1, 0.15) is 6.17 Å². The van der Waals surface area contributed by atoms with Gasteiger partial charge in [-0.25, -0.2) is 4.39 Å². The van der Waals surface area contributed by atoms with E-state index in [0.717, 1.165) is 12.8 Å².